The molecule has 0 bridgehead atoms. The summed E-state index contributed by atoms with van der Waals surface area (Å²) in [6, 6.07) is 6.81. The van der Waals surface area contributed by atoms with E-state index in [1.165, 1.54) is 0 Å². The monoisotopic (exact) mass is 191 g/mol. The van der Waals surface area contributed by atoms with Gasteiger partial charge in [-0.1, -0.05) is 6.92 Å². The normalized spacial score (nSPS) is 9.21. The second kappa shape index (κ2) is 5.01. The molecule has 0 aliphatic rings. The third-order valence-corrected chi connectivity index (χ3v) is 1.69. The fourth-order valence-electron chi connectivity index (χ4n) is 0.945. The molecule has 73 valence electrons. The van der Waals surface area contributed by atoms with Crippen LogP contribution in [-0.2, 0) is 9.59 Å². The molecule has 0 saturated heterocycles. The van der Waals surface area contributed by atoms with Gasteiger partial charge < -0.3 is 10.6 Å². The Morgan fingerprint density at radius 3 is 2.36 bits per heavy atom. The highest BCUT2D eigenvalue weighted by atomic mass is 16.1. The Hall–Kier alpha value is -1.84. The zero-order valence-electron chi connectivity index (χ0n) is 7.83. The minimum Gasteiger partial charge on any atom is -0.326 e. The van der Waals surface area contributed by atoms with Crippen LogP contribution >= 0.6 is 0 Å². The van der Waals surface area contributed by atoms with Crippen molar-refractivity contribution in [1.82, 2.24) is 0 Å². The first-order valence-corrected chi connectivity index (χ1v) is 4.29. The highest BCUT2D eigenvalue weighted by Crippen LogP contribution is 2.12. The summed E-state index contributed by atoms with van der Waals surface area (Å²) in [5.41, 5.74) is 1.36. The third-order valence-electron chi connectivity index (χ3n) is 1.69. The van der Waals surface area contributed by atoms with Gasteiger partial charge in [-0.25, -0.2) is 0 Å². The zero-order valence-corrected chi connectivity index (χ0v) is 7.83. The molecule has 2 N–H and O–H groups in total. The summed E-state index contributed by atoms with van der Waals surface area (Å²) in [6.45, 7) is 1.78. The van der Waals surface area contributed by atoms with E-state index in [-0.39, 0.29) is 5.91 Å². The number of anilines is 2. The maximum absolute atomic E-state index is 11.0. The molecular weight excluding hydrogens is 180 g/mol. The Morgan fingerprint density at radius 2 is 1.86 bits per heavy atom. The van der Waals surface area contributed by atoms with Crippen molar-refractivity contribution in [1.29, 1.82) is 0 Å². The van der Waals surface area contributed by atoms with E-state index in [0.717, 1.165) is 0 Å². The summed E-state index contributed by atoms with van der Waals surface area (Å²) in [7, 11) is 0. The van der Waals surface area contributed by atoms with E-state index in [1.807, 2.05) is 0 Å². The molecule has 0 fully saturated rings. The van der Waals surface area contributed by atoms with Crippen molar-refractivity contribution < 1.29 is 9.59 Å². The van der Waals surface area contributed by atoms with Gasteiger partial charge in [-0.05, 0) is 24.3 Å². The summed E-state index contributed by atoms with van der Waals surface area (Å²) < 4.78 is 0. The van der Waals surface area contributed by atoms with Crippen LogP contribution in [0.2, 0.25) is 0 Å². The lowest BCUT2D eigenvalue weighted by molar-refractivity contribution is -0.115. The van der Waals surface area contributed by atoms with Gasteiger partial charge in [0.25, 0.3) is 0 Å². The first kappa shape index (κ1) is 10.2. The van der Waals surface area contributed by atoms with Crippen LogP contribution in [0.15, 0.2) is 24.3 Å². The van der Waals surface area contributed by atoms with Crippen molar-refractivity contribution in [3.8, 4) is 0 Å². The van der Waals surface area contributed by atoms with E-state index in [1.54, 1.807) is 37.6 Å². The zero-order chi connectivity index (χ0) is 10.4. The maximum Gasteiger partial charge on any atom is 0.314 e. The number of amides is 2. The van der Waals surface area contributed by atoms with Crippen molar-refractivity contribution in [2.45, 2.75) is 13.3 Å². The first-order valence-electron chi connectivity index (χ1n) is 4.29. The summed E-state index contributed by atoms with van der Waals surface area (Å²) in [5.74, 6) is -0.0346. The molecule has 1 radical (unpaired) electrons. The van der Waals surface area contributed by atoms with E-state index in [2.05, 4.69) is 10.6 Å². The Balaban J connectivity index is 2.63. The first-order chi connectivity index (χ1) is 6.76. The molecule has 14 heavy (non-hydrogen) atoms. The quantitative estimate of drug-likeness (QED) is 0.709. The Labute approximate surface area is 82.3 Å². The molecular formula is C10H11N2O2. The Morgan fingerprint density at radius 1 is 1.29 bits per heavy atom. The summed E-state index contributed by atoms with van der Waals surface area (Å²) in [6.07, 6.45) is 2.01. The third kappa shape index (κ3) is 2.90. The lowest BCUT2D eigenvalue weighted by Crippen LogP contribution is -2.09. The van der Waals surface area contributed by atoms with Gasteiger partial charge in [0.1, 0.15) is 0 Å². The molecule has 0 saturated carbocycles. The van der Waals surface area contributed by atoms with Gasteiger partial charge in [-0.15, -0.1) is 0 Å². The molecule has 0 heterocycles. The molecule has 1 aromatic carbocycles. The van der Waals surface area contributed by atoms with Crippen LogP contribution in [0.4, 0.5) is 11.4 Å². The highest BCUT2D eigenvalue weighted by Gasteiger charge is 1.98. The molecule has 0 aromatic heterocycles. The lowest BCUT2D eigenvalue weighted by Gasteiger charge is -2.03. The summed E-state index contributed by atoms with van der Waals surface area (Å²) in [4.78, 5) is 21.0. The van der Waals surface area contributed by atoms with Crippen LogP contribution in [-0.4, -0.2) is 12.3 Å². The molecule has 0 spiro atoms. The minimum absolute atomic E-state index is 0.0346. The van der Waals surface area contributed by atoms with E-state index in [9.17, 15) is 9.59 Å². The smallest absolute Gasteiger partial charge is 0.314 e. The fourth-order valence-corrected chi connectivity index (χ4v) is 0.945. The molecule has 1 rings (SSSR count). The maximum atomic E-state index is 11.0. The standard InChI is InChI=1S/C10H11N2O2/c1-2-10(14)12-9-5-3-8(4-6-9)11-7-13/h3-6H,2H2,1H3,(H,11,13)(H,12,14). The van der Waals surface area contributed by atoms with Crippen molar-refractivity contribution in [2.75, 3.05) is 10.6 Å². The number of benzene rings is 1. The number of carbonyl (C=O) groups is 1. The number of hydrogen-bond donors (Lipinski definition) is 2. The Kier molecular flexibility index (Phi) is 3.67. The van der Waals surface area contributed by atoms with Crippen molar-refractivity contribution >= 4 is 23.7 Å². The summed E-state index contributed by atoms with van der Waals surface area (Å²) >= 11 is 0. The van der Waals surface area contributed by atoms with Crippen LogP contribution in [0.3, 0.4) is 0 Å². The molecule has 0 unspecified atom stereocenters. The van der Waals surface area contributed by atoms with Gasteiger partial charge in [-0.3, -0.25) is 9.59 Å². The number of rotatable bonds is 4. The van der Waals surface area contributed by atoms with Crippen molar-refractivity contribution in [3.05, 3.63) is 24.3 Å². The van der Waals surface area contributed by atoms with Crippen molar-refractivity contribution in [2.24, 2.45) is 0 Å². The van der Waals surface area contributed by atoms with Crippen LogP contribution < -0.4 is 10.6 Å². The van der Waals surface area contributed by atoms with Gasteiger partial charge in [-0.2, -0.15) is 0 Å². The lowest BCUT2D eigenvalue weighted by atomic mass is 10.2. The van der Waals surface area contributed by atoms with Gasteiger partial charge in [0.2, 0.25) is 5.91 Å². The summed E-state index contributed by atoms with van der Waals surface area (Å²) in [5, 5.41) is 5.08. The Bertz CT molecular complexity index is 319. The topological polar surface area (TPSA) is 58.2 Å². The van der Waals surface area contributed by atoms with Gasteiger partial charge in [0.05, 0.1) is 0 Å². The molecule has 1 aromatic rings. The fraction of sp³-hybridized carbons (Fsp3) is 0.200. The van der Waals surface area contributed by atoms with E-state index < -0.39 is 0 Å². The number of hydrogen-bond acceptors (Lipinski definition) is 2. The number of carbonyl (C=O) groups excluding carboxylic acids is 2. The second-order valence-corrected chi connectivity index (χ2v) is 2.71. The molecule has 0 aliphatic carbocycles. The minimum atomic E-state index is -0.0346. The van der Waals surface area contributed by atoms with Crippen LogP contribution in [0.5, 0.6) is 0 Å². The molecule has 0 atom stereocenters. The SMILES string of the molecule is CCC(=O)Nc1ccc(N[C]=O)cc1. The average molecular weight is 191 g/mol. The predicted octanol–water partition coefficient (Wildman–Crippen LogP) is 1.51. The number of nitrogens with one attached hydrogen (secondary N) is 2. The predicted molar refractivity (Wildman–Crippen MR) is 54.7 cm³/mol. The van der Waals surface area contributed by atoms with E-state index >= 15 is 0 Å². The largest absolute Gasteiger partial charge is 0.326 e. The van der Waals surface area contributed by atoms with Gasteiger partial charge in [0.15, 0.2) is 0 Å². The molecule has 0 aliphatic heterocycles. The van der Waals surface area contributed by atoms with Crippen LogP contribution in [0.25, 0.3) is 0 Å². The highest BCUT2D eigenvalue weighted by molar-refractivity contribution is 5.90. The van der Waals surface area contributed by atoms with Gasteiger partial charge in [0, 0.05) is 17.8 Å². The van der Waals surface area contributed by atoms with E-state index in [4.69, 9.17) is 0 Å². The molecule has 4 heteroatoms. The average Bonchev–Trinajstić information content (AvgIpc) is 2.21. The van der Waals surface area contributed by atoms with E-state index in [0.29, 0.717) is 17.8 Å². The van der Waals surface area contributed by atoms with Crippen LogP contribution in [0, 0.1) is 0 Å². The molecule has 2 amide bonds. The van der Waals surface area contributed by atoms with Crippen molar-refractivity contribution in [3.63, 3.8) is 0 Å². The second-order valence-electron chi connectivity index (χ2n) is 2.71. The van der Waals surface area contributed by atoms with Gasteiger partial charge >= 0.3 is 6.41 Å². The molecule has 4 nitrogen and oxygen atoms in total. The van der Waals surface area contributed by atoms with Crippen LogP contribution in [0.1, 0.15) is 13.3 Å².